The van der Waals surface area contributed by atoms with Gasteiger partial charge in [0, 0.05) is 42.2 Å². The summed E-state index contributed by atoms with van der Waals surface area (Å²) in [5, 5.41) is 3.64. The lowest BCUT2D eigenvalue weighted by Gasteiger charge is -2.38. The van der Waals surface area contributed by atoms with Gasteiger partial charge < -0.3 is 20.7 Å². The monoisotopic (exact) mass is 456 g/mol. The molecule has 8 heteroatoms. The fourth-order valence-corrected chi connectivity index (χ4v) is 5.27. The highest BCUT2D eigenvalue weighted by Gasteiger charge is 2.52. The second-order valence-electron chi connectivity index (χ2n) is 9.12. The molecule has 5 rings (SSSR count). The zero-order valence-electron chi connectivity index (χ0n) is 19.4. The molecule has 0 bridgehead atoms. The highest BCUT2D eigenvalue weighted by molar-refractivity contribution is 5.87. The van der Waals surface area contributed by atoms with Crippen LogP contribution in [0.3, 0.4) is 0 Å². The van der Waals surface area contributed by atoms with Crippen molar-refractivity contribution in [3.8, 4) is 11.6 Å². The number of likely N-dealkylation sites (tertiary alicyclic amines) is 1. The van der Waals surface area contributed by atoms with Gasteiger partial charge in [0.1, 0.15) is 23.7 Å². The number of carbonyl (C=O) groups is 1. The van der Waals surface area contributed by atoms with E-state index < -0.39 is 5.54 Å². The van der Waals surface area contributed by atoms with Crippen molar-refractivity contribution in [2.24, 2.45) is 5.92 Å². The van der Waals surface area contributed by atoms with Crippen LogP contribution < -0.4 is 15.8 Å². The quantitative estimate of drug-likeness (QED) is 0.561. The summed E-state index contributed by atoms with van der Waals surface area (Å²) in [6.45, 7) is 9.10. The van der Waals surface area contributed by atoms with E-state index in [4.69, 9.17) is 10.5 Å². The van der Waals surface area contributed by atoms with Crippen LogP contribution >= 0.6 is 0 Å². The minimum Gasteiger partial charge on any atom is -0.439 e. The van der Waals surface area contributed by atoms with E-state index in [1.165, 1.54) is 12.4 Å². The van der Waals surface area contributed by atoms with Crippen LogP contribution in [0.15, 0.2) is 61.4 Å². The maximum absolute atomic E-state index is 12.2. The van der Waals surface area contributed by atoms with Gasteiger partial charge in [0.15, 0.2) is 0 Å². The third-order valence-electron chi connectivity index (χ3n) is 7.01. The Morgan fingerprint density at radius 1 is 1.26 bits per heavy atom. The highest BCUT2D eigenvalue weighted by Crippen LogP contribution is 2.52. The van der Waals surface area contributed by atoms with Crippen LogP contribution in [0.25, 0.3) is 0 Å². The molecular weight excluding hydrogens is 428 g/mol. The van der Waals surface area contributed by atoms with Crippen molar-refractivity contribution in [2.75, 3.05) is 24.1 Å². The molecule has 1 saturated heterocycles. The molecule has 2 unspecified atom stereocenters. The van der Waals surface area contributed by atoms with Gasteiger partial charge in [0.25, 0.3) is 0 Å². The van der Waals surface area contributed by atoms with Gasteiger partial charge in [-0.3, -0.25) is 4.79 Å². The second kappa shape index (κ2) is 8.44. The minimum atomic E-state index is -0.400. The summed E-state index contributed by atoms with van der Waals surface area (Å²) >= 11 is 0. The first-order chi connectivity index (χ1) is 16.4. The van der Waals surface area contributed by atoms with Crippen molar-refractivity contribution in [3.05, 3.63) is 78.3 Å². The first-order valence-electron chi connectivity index (χ1n) is 11.4. The molecule has 3 N–H and O–H groups in total. The fraction of sp³-hybridized carbons (Fsp3) is 0.308. The Bertz CT molecular complexity index is 1240. The van der Waals surface area contributed by atoms with E-state index >= 15 is 0 Å². The molecular formula is C26H28N6O2. The smallest absolute Gasteiger partial charge is 0.245 e. The van der Waals surface area contributed by atoms with Crippen molar-refractivity contribution >= 4 is 17.5 Å². The number of benzene rings is 1. The maximum Gasteiger partial charge on any atom is 0.245 e. The molecule has 3 aromatic rings. The first-order valence-corrected chi connectivity index (χ1v) is 11.4. The molecule has 34 heavy (non-hydrogen) atoms. The Kier molecular flexibility index (Phi) is 5.43. The zero-order chi connectivity index (χ0) is 23.9. The molecule has 174 valence electrons. The lowest BCUT2D eigenvalue weighted by atomic mass is 9.71. The predicted octanol–water partition coefficient (Wildman–Crippen LogP) is 3.91. The Hall–Kier alpha value is -3.94. The SMILES string of the molecule is C=CC(=O)N1CC[C@H](C2(C)Nc3ncnc(N)c3C2c2ccc(Oc3cccc(C)n3)cc2)C1. The molecule has 1 aromatic carbocycles. The van der Waals surface area contributed by atoms with E-state index in [0.29, 0.717) is 30.5 Å². The largest absolute Gasteiger partial charge is 0.439 e. The number of fused-ring (bicyclic) bond motifs is 1. The summed E-state index contributed by atoms with van der Waals surface area (Å²) < 4.78 is 5.94. The fourth-order valence-electron chi connectivity index (χ4n) is 5.27. The molecule has 0 saturated carbocycles. The van der Waals surface area contributed by atoms with Gasteiger partial charge in [0.05, 0.1) is 5.54 Å². The second-order valence-corrected chi connectivity index (χ2v) is 9.12. The summed E-state index contributed by atoms with van der Waals surface area (Å²) in [5.41, 5.74) is 8.83. The number of aromatic nitrogens is 3. The third-order valence-corrected chi connectivity index (χ3v) is 7.01. The Morgan fingerprint density at radius 2 is 2.06 bits per heavy atom. The summed E-state index contributed by atoms with van der Waals surface area (Å²) in [6.07, 6.45) is 3.74. The van der Waals surface area contributed by atoms with E-state index in [-0.39, 0.29) is 17.7 Å². The van der Waals surface area contributed by atoms with Gasteiger partial charge in [0.2, 0.25) is 11.8 Å². The first kappa shape index (κ1) is 21.9. The van der Waals surface area contributed by atoms with Crippen LogP contribution in [0.2, 0.25) is 0 Å². The van der Waals surface area contributed by atoms with E-state index in [2.05, 4.69) is 45.9 Å². The lowest BCUT2D eigenvalue weighted by molar-refractivity contribution is -0.125. The van der Waals surface area contributed by atoms with Gasteiger partial charge >= 0.3 is 0 Å². The maximum atomic E-state index is 12.2. The number of nitrogen functional groups attached to an aromatic ring is 1. The molecule has 1 fully saturated rings. The molecule has 2 aliphatic heterocycles. The molecule has 0 spiro atoms. The van der Waals surface area contributed by atoms with Crippen LogP contribution in [0.5, 0.6) is 11.6 Å². The summed E-state index contributed by atoms with van der Waals surface area (Å²) in [7, 11) is 0. The summed E-state index contributed by atoms with van der Waals surface area (Å²) in [4.78, 5) is 27.3. The summed E-state index contributed by atoms with van der Waals surface area (Å²) in [5.74, 6) is 2.55. The van der Waals surface area contributed by atoms with Gasteiger partial charge in [-0.25, -0.2) is 15.0 Å². The van der Waals surface area contributed by atoms with E-state index in [0.717, 1.165) is 29.1 Å². The van der Waals surface area contributed by atoms with Crippen LogP contribution in [0.4, 0.5) is 11.6 Å². The van der Waals surface area contributed by atoms with Crippen molar-refractivity contribution in [1.29, 1.82) is 0 Å². The number of ether oxygens (including phenoxy) is 1. The van der Waals surface area contributed by atoms with Gasteiger partial charge in [-0.05, 0) is 50.1 Å². The molecule has 2 aromatic heterocycles. The van der Waals surface area contributed by atoms with Gasteiger partial charge in [-0.2, -0.15) is 0 Å². The third kappa shape index (κ3) is 3.75. The number of nitrogens with two attached hydrogens (primary N) is 1. The highest BCUT2D eigenvalue weighted by atomic mass is 16.5. The van der Waals surface area contributed by atoms with Crippen molar-refractivity contribution in [2.45, 2.75) is 31.7 Å². The van der Waals surface area contributed by atoms with Crippen molar-refractivity contribution in [3.63, 3.8) is 0 Å². The Balaban J connectivity index is 1.48. The Labute approximate surface area is 198 Å². The van der Waals surface area contributed by atoms with Crippen molar-refractivity contribution in [1.82, 2.24) is 19.9 Å². The van der Waals surface area contributed by atoms with Gasteiger partial charge in [-0.1, -0.05) is 24.8 Å². The van der Waals surface area contributed by atoms with Crippen molar-refractivity contribution < 1.29 is 9.53 Å². The number of pyridine rings is 1. The molecule has 0 radical (unpaired) electrons. The average Bonchev–Trinajstić information content (AvgIpc) is 3.44. The number of nitrogens with zero attached hydrogens (tertiary/aromatic N) is 4. The standard InChI is InChI=1S/C26H28N6O2/c1-4-21(33)32-13-12-18(14-32)26(3)23(22-24(27)28-15-29-25(22)31-26)17-8-10-19(11-9-17)34-20-7-5-6-16(2)30-20/h4-11,15,18,23H,1,12-14H2,2-3H3,(H3,27,28,29,31)/t18-,23?,26?/m0/s1. The molecule has 1 amide bonds. The molecule has 8 nitrogen and oxygen atoms in total. The predicted molar refractivity (Wildman–Crippen MR) is 131 cm³/mol. The number of hydrogen-bond donors (Lipinski definition) is 2. The van der Waals surface area contributed by atoms with E-state index in [1.807, 2.05) is 42.2 Å². The number of rotatable bonds is 5. The Morgan fingerprint density at radius 3 is 2.79 bits per heavy atom. The molecule has 4 heterocycles. The van der Waals surface area contributed by atoms with Crippen LogP contribution in [0, 0.1) is 12.8 Å². The van der Waals surface area contributed by atoms with Crippen LogP contribution in [-0.4, -0.2) is 44.4 Å². The number of carbonyl (C=O) groups excluding carboxylic acids is 1. The molecule has 0 aliphatic carbocycles. The number of anilines is 2. The summed E-state index contributed by atoms with van der Waals surface area (Å²) in [6, 6.07) is 13.7. The number of nitrogens with one attached hydrogen (secondary N) is 1. The normalized spacial score (nSPS) is 23.3. The topological polar surface area (TPSA) is 106 Å². The van der Waals surface area contributed by atoms with Crippen LogP contribution in [-0.2, 0) is 4.79 Å². The molecule has 2 aliphatic rings. The van der Waals surface area contributed by atoms with Gasteiger partial charge in [-0.15, -0.1) is 0 Å². The zero-order valence-corrected chi connectivity index (χ0v) is 19.4. The number of hydrogen-bond acceptors (Lipinski definition) is 7. The van der Waals surface area contributed by atoms with Crippen LogP contribution in [0.1, 0.15) is 36.1 Å². The van der Waals surface area contributed by atoms with E-state index in [9.17, 15) is 4.79 Å². The number of aryl methyl sites for hydroxylation is 1. The minimum absolute atomic E-state index is 0.0382. The molecule has 3 atom stereocenters. The van der Waals surface area contributed by atoms with E-state index in [1.54, 1.807) is 0 Å². The number of amides is 1. The average molecular weight is 457 g/mol. The lowest BCUT2D eigenvalue weighted by Crippen LogP contribution is -2.46.